The van der Waals surface area contributed by atoms with Gasteiger partial charge in [-0.15, -0.1) is 11.6 Å². The summed E-state index contributed by atoms with van der Waals surface area (Å²) in [6, 6.07) is 1.95. The predicted molar refractivity (Wildman–Crippen MR) is 58.6 cm³/mol. The molecule has 0 atom stereocenters. The van der Waals surface area contributed by atoms with Crippen molar-refractivity contribution in [1.29, 1.82) is 0 Å². The lowest BCUT2D eigenvalue weighted by Crippen LogP contribution is -1.98. The minimum absolute atomic E-state index is 0.498. The van der Waals surface area contributed by atoms with Crippen LogP contribution in [0.15, 0.2) is 6.07 Å². The standard InChI is InChI=1S/C11H15ClO2/c1-7-5-10(13-3)11(14-4)8(2)9(7)6-12/h5H,6H2,1-4H3. The van der Waals surface area contributed by atoms with Gasteiger partial charge in [-0.25, -0.2) is 0 Å². The van der Waals surface area contributed by atoms with Gasteiger partial charge in [0.1, 0.15) is 0 Å². The third kappa shape index (κ3) is 1.80. The first-order valence-corrected chi connectivity index (χ1v) is 4.96. The van der Waals surface area contributed by atoms with E-state index >= 15 is 0 Å². The van der Waals surface area contributed by atoms with Crippen LogP contribution in [0.2, 0.25) is 0 Å². The van der Waals surface area contributed by atoms with Gasteiger partial charge >= 0.3 is 0 Å². The molecule has 0 saturated carbocycles. The summed E-state index contributed by atoms with van der Waals surface area (Å²) in [6.07, 6.45) is 0. The molecule has 0 fully saturated rings. The van der Waals surface area contributed by atoms with E-state index in [0.29, 0.717) is 5.88 Å². The SMILES string of the molecule is COc1cc(C)c(CCl)c(C)c1OC. The second-order valence-electron chi connectivity index (χ2n) is 3.17. The number of methoxy groups -OCH3 is 2. The molecule has 0 unspecified atom stereocenters. The van der Waals surface area contributed by atoms with E-state index < -0.39 is 0 Å². The van der Waals surface area contributed by atoms with Gasteiger partial charge in [-0.3, -0.25) is 0 Å². The Balaban J connectivity index is 3.39. The van der Waals surface area contributed by atoms with Crippen LogP contribution >= 0.6 is 11.6 Å². The Labute approximate surface area is 89.8 Å². The maximum absolute atomic E-state index is 5.87. The Bertz CT molecular complexity index is 335. The van der Waals surface area contributed by atoms with Gasteiger partial charge in [0.25, 0.3) is 0 Å². The second-order valence-corrected chi connectivity index (χ2v) is 3.43. The summed E-state index contributed by atoms with van der Waals surface area (Å²) in [5, 5.41) is 0. The lowest BCUT2D eigenvalue weighted by molar-refractivity contribution is 0.352. The number of benzene rings is 1. The predicted octanol–water partition coefficient (Wildman–Crippen LogP) is 3.06. The van der Waals surface area contributed by atoms with E-state index in [0.717, 1.165) is 28.2 Å². The number of ether oxygens (including phenoxy) is 2. The minimum Gasteiger partial charge on any atom is -0.493 e. The fourth-order valence-corrected chi connectivity index (χ4v) is 1.99. The zero-order valence-electron chi connectivity index (χ0n) is 8.98. The van der Waals surface area contributed by atoms with E-state index in [-0.39, 0.29) is 0 Å². The molecular formula is C11H15ClO2. The first-order chi connectivity index (χ1) is 6.65. The molecule has 14 heavy (non-hydrogen) atoms. The highest BCUT2D eigenvalue weighted by molar-refractivity contribution is 6.17. The van der Waals surface area contributed by atoms with Crippen molar-refractivity contribution < 1.29 is 9.47 Å². The van der Waals surface area contributed by atoms with Gasteiger partial charge in [0.15, 0.2) is 11.5 Å². The molecule has 1 aromatic carbocycles. The molecule has 0 aliphatic heterocycles. The summed E-state index contributed by atoms with van der Waals surface area (Å²) in [4.78, 5) is 0. The summed E-state index contributed by atoms with van der Waals surface area (Å²) in [5.74, 6) is 2.03. The average Bonchev–Trinajstić information content (AvgIpc) is 2.17. The number of rotatable bonds is 3. The van der Waals surface area contributed by atoms with Crippen LogP contribution in [0.3, 0.4) is 0 Å². The molecule has 0 heterocycles. The first kappa shape index (κ1) is 11.2. The van der Waals surface area contributed by atoms with E-state index in [1.54, 1.807) is 14.2 Å². The highest BCUT2D eigenvalue weighted by Gasteiger charge is 2.13. The van der Waals surface area contributed by atoms with Crippen molar-refractivity contribution in [2.45, 2.75) is 19.7 Å². The van der Waals surface area contributed by atoms with E-state index in [2.05, 4.69) is 0 Å². The summed E-state index contributed by atoms with van der Waals surface area (Å²) >= 11 is 5.87. The fourth-order valence-electron chi connectivity index (χ4n) is 1.58. The minimum atomic E-state index is 0.498. The molecule has 0 radical (unpaired) electrons. The van der Waals surface area contributed by atoms with Crippen molar-refractivity contribution in [3.05, 3.63) is 22.8 Å². The van der Waals surface area contributed by atoms with E-state index in [9.17, 15) is 0 Å². The normalized spacial score (nSPS) is 10.1. The van der Waals surface area contributed by atoms with Crippen LogP contribution in [-0.2, 0) is 5.88 Å². The van der Waals surface area contributed by atoms with Crippen LogP contribution in [0.1, 0.15) is 16.7 Å². The Morgan fingerprint density at radius 2 is 1.86 bits per heavy atom. The molecule has 78 valence electrons. The smallest absolute Gasteiger partial charge is 0.163 e. The van der Waals surface area contributed by atoms with Gasteiger partial charge < -0.3 is 9.47 Å². The third-order valence-electron chi connectivity index (χ3n) is 2.40. The zero-order valence-corrected chi connectivity index (χ0v) is 9.73. The van der Waals surface area contributed by atoms with Gasteiger partial charge in [0, 0.05) is 5.88 Å². The summed E-state index contributed by atoms with van der Waals surface area (Å²) in [5.41, 5.74) is 3.30. The van der Waals surface area contributed by atoms with Crippen molar-refractivity contribution in [3.63, 3.8) is 0 Å². The van der Waals surface area contributed by atoms with Crippen molar-refractivity contribution in [2.75, 3.05) is 14.2 Å². The molecule has 0 aromatic heterocycles. The van der Waals surface area contributed by atoms with E-state index in [1.807, 2.05) is 19.9 Å². The molecule has 0 saturated heterocycles. The van der Waals surface area contributed by atoms with E-state index in [1.165, 1.54) is 0 Å². The van der Waals surface area contributed by atoms with Crippen LogP contribution in [0.25, 0.3) is 0 Å². The van der Waals surface area contributed by atoms with Crippen LogP contribution in [0.4, 0.5) is 0 Å². The average molecular weight is 215 g/mol. The highest BCUT2D eigenvalue weighted by atomic mass is 35.5. The maximum atomic E-state index is 5.87. The maximum Gasteiger partial charge on any atom is 0.163 e. The molecule has 0 amide bonds. The number of alkyl halides is 1. The van der Waals surface area contributed by atoms with Gasteiger partial charge in [0.2, 0.25) is 0 Å². The molecule has 0 bridgehead atoms. The number of hydrogen-bond acceptors (Lipinski definition) is 2. The molecule has 0 N–H and O–H groups in total. The van der Waals surface area contributed by atoms with Gasteiger partial charge in [-0.2, -0.15) is 0 Å². The molecular weight excluding hydrogens is 200 g/mol. The van der Waals surface area contributed by atoms with E-state index in [4.69, 9.17) is 21.1 Å². The van der Waals surface area contributed by atoms with Crippen molar-refractivity contribution in [1.82, 2.24) is 0 Å². The van der Waals surface area contributed by atoms with Crippen LogP contribution in [0, 0.1) is 13.8 Å². The lowest BCUT2D eigenvalue weighted by Gasteiger charge is -2.15. The molecule has 0 spiro atoms. The van der Waals surface area contributed by atoms with Crippen molar-refractivity contribution in [2.24, 2.45) is 0 Å². The fraction of sp³-hybridized carbons (Fsp3) is 0.455. The Kier molecular flexibility index (Phi) is 3.64. The zero-order chi connectivity index (χ0) is 10.7. The largest absolute Gasteiger partial charge is 0.493 e. The van der Waals surface area contributed by atoms with Gasteiger partial charge in [0.05, 0.1) is 14.2 Å². The third-order valence-corrected chi connectivity index (χ3v) is 2.67. The summed E-state index contributed by atoms with van der Waals surface area (Å²) in [7, 11) is 3.27. The Morgan fingerprint density at radius 1 is 1.21 bits per heavy atom. The van der Waals surface area contributed by atoms with Crippen LogP contribution in [-0.4, -0.2) is 14.2 Å². The molecule has 1 rings (SSSR count). The molecule has 0 aliphatic rings. The lowest BCUT2D eigenvalue weighted by atomic mass is 10.0. The Morgan fingerprint density at radius 3 is 2.29 bits per heavy atom. The first-order valence-electron chi connectivity index (χ1n) is 4.42. The molecule has 3 heteroatoms. The summed E-state index contributed by atoms with van der Waals surface area (Å²) in [6.45, 7) is 4.01. The van der Waals surface area contributed by atoms with Gasteiger partial charge in [-0.1, -0.05) is 0 Å². The number of hydrogen-bond donors (Lipinski definition) is 0. The summed E-state index contributed by atoms with van der Waals surface area (Å²) < 4.78 is 10.5. The van der Waals surface area contributed by atoms with Crippen LogP contribution in [0.5, 0.6) is 11.5 Å². The quantitative estimate of drug-likeness (QED) is 0.720. The van der Waals surface area contributed by atoms with Crippen LogP contribution < -0.4 is 9.47 Å². The Hall–Kier alpha value is -0.890. The molecule has 1 aromatic rings. The van der Waals surface area contributed by atoms with Gasteiger partial charge in [-0.05, 0) is 36.6 Å². The van der Waals surface area contributed by atoms with Crippen molar-refractivity contribution in [3.8, 4) is 11.5 Å². The second kappa shape index (κ2) is 4.56. The van der Waals surface area contributed by atoms with Crippen molar-refractivity contribution >= 4 is 11.6 Å². The molecule has 2 nitrogen and oxygen atoms in total. The highest BCUT2D eigenvalue weighted by Crippen LogP contribution is 2.35. The topological polar surface area (TPSA) is 18.5 Å². The number of aryl methyl sites for hydroxylation is 1. The monoisotopic (exact) mass is 214 g/mol. The molecule has 0 aliphatic carbocycles. The number of halogens is 1.